The lowest BCUT2D eigenvalue weighted by Gasteiger charge is -2.16. The molecule has 1 aliphatic heterocycles. The van der Waals surface area contributed by atoms with Crippen molar-refractivity contribution in [1.29, 1.82) is 0 Å². The van der Waals surface area contributed by atoms with E-state index in [9.17, 15) is 14.4 Å². The summed E-state index contributed by atoms with van der Waals surface area (Å²) in [5.74, 6) is 0.0342. The van der Waals surface area contributed by atoms with Gasteiger partial charge >= 0.3 is 0 Å². The van der Waals surface area contributed by atoms with Crippen LogP contribution in [0.3, 0.4) is 0 Å². The monoisotopic (exact) mass is 402 g/mol. The van der Waals surface area contributed by atoms with Crippen molar-refractivity contribution < 1.29 is 19.1 Å². The van der Waals surface area contributed by atoms with Gasteiger partial charge < -0.3 is 4.74 Å². The lowest BCUT2D eigenvalue weighted by molar-refractivity contribution is -0.121. The summed E-state index contributed by atoms with van der Waals surface area (Å²) in [5, 5.41) is 0. The summed E-state index contributed by atoms with van der Waals surface area (Å²) in [7, 11) is 0. The minimum atomic E-state index is -0.849. The first kappa shape index (κ1) is 19.3. The standard InChI is InChI=1S/C22H18N4O4/c27-20-13-19(24-25-21(28)15-5-4-12-23-14-15)22(29)26(20)16-8-10-18(11-9-16)30-17-6-2-1-3-7-17/h1-12,14,19,24H,13H2,(H,25,28)/t19-/m0/s1. The number of ether oxygens (including phenoxy) is 1. The number of hydrogen-bond donors (Lipinski definition) is 2. The fourth-order valence-corrected chi connectivity index (χ4v) is 3.03. The van der Waals surface area contributed by atoms with Gasteiger partial charge in [-0.25, -0.2) is 10.3 Å². The molecule has 2 N–H and O–H groups in total. The van der Waals surface area contributed by atoms with Gasteiger partial charge in [0.05, 0.1) is 17.7 Å². The summed E-state index contributed by atoms with van der Waals surface area (Å²) in [6.07, 6.45) is 2.90. The van der Waals surface area contributed by atoms with Crippen LogP contribution in [0, 0.1) is 0 Å². The Kier molecular flexibility index (Phi) is 5.49. The van der Waals surface area contributed by atoms with Crippen LogP contribution in [-0.2, 0) is 9.59 Å². The van der Waals surface area contributed by atoms with Crippen LogP contribution in [-0.4, -0.2) is 28.7 Å². The number of nitrogens with one attached hydrogen (secondary N) is 2. The third kappa shape index (κ3) is 4.18. The van der Waals surface area contributed by atoms with Crippen LogP contribution < -0.4 is 20.5 Å². The number of hydrazine groups is 1. The van der Waals surface area contributed by atoms with Crippen molar-refractivity contribution in [3.05, 3.63) is 84.7 Å². The Morgan fingerprint density at radius 2 is 1.70 bits per heavy atom. The Morgan fingerprint density at radius 3 is 2.40 bits per heavy atom. The van der Waals surface area contributed by atoms with Crippen molar-refractivity contribution in [2.45, 2.75) is 12.5 Å². The molecule has 4 rings (SSSR count). The van der Waals surface area contributed by atoms with Crippen LogP contribution in [0.1, 0.15) is 16.8 Å². The number of amides is 3. The van der Waals surface area contributed by atoms with Gasteiger partial charge in [0.25, 0.3) is 11.8 Å². The molecule has 8 heteroatoms. The van der Waals surface area contributed by atoms with Gasteiger partial charge in [0.2, 0.25) is 5.91 Å². The number of anilines is 1. The maximum Gasteiger partial charge on any atom is 0.266 e. The number of benzene rings is 2. The fraction of sp³-hybridized carbons (Fsp3) is 0.0909. The molecule has 8 nitrogen and oxygen atoms in total. The van der Waals surface area contributed by atoms with E-state index in [0.29, 0.717) is 22.7 Å². The van der Waals surface area contributed by atoms with Gasteiger partial charge in [0, 0.05) is 12.4 Å². The van der Waals surface area contributed by atoms with E-state index < -0.39 is 17.9 Å². The van der Waals surface area contributed by atoms with Gasteiger partial charge in [-0.1, -0.05) is 18.2 Å². The fourth-order valence-electron chi connectivity index (χ4n) is 3.03. The number of pyridine rings is 1. The predicted octanol–water partition coefficient (Wildman–Crippen LogP) is 2.44. The Hall–Kier alpha value is -4.04. The van der Waals surface area contributed by atoms with E-state index in [1.807, 2.05) is 30.3 Å². The third-order valence-electron chi connectivity index (χ3n) is 4.50. The van der Waals surface area contributed by atoms with Crippen molar-refractivity contribution >= 4 is 23.4 Å². The van der Waals surface area contributed by atoms with Gasteiger partial charge in [-0.3, -0.25) is 24.8 Å². The van der Waals surface area contributed by atoms with Crippen LogP contribution in [0.15, 0.2) is 79.1 Å². The highest BCUT2D eigenvalue weighted by atomic mass is 16.5. The largest absolute Gasteiger partial charge is 0.457 e. The van der Waals surface area contributed by atoms with Gasteiger partial charge in [-0.05, 0) is 48.5 Å². The molecule has 1 fully saturated rings. The number of nitrogens with zero attached hydrogens (tertiary/aromatic N) is 2. The van der Waals surface area contributed by atoms with E-state index in [0.717, 1.165) is 4.90 Å². The summed E-state index contributed by atoms with van der Waals surface area (Å²) in [4.78, 5) is 42.1. The van der Waals surface area contributed by atoms with E-state index in [1.165, 1.54) is 6.20 Å². The third-order valence-corrected chi connectivity index (χ3v) is 4.50. The van der Waals surface area contributed by atoms with E-state index in [-0.39, 0.29) is 12.3 Å². The highest BCUT2D eigenvalue weighted by Gasteiger charge is 2.39. The molecule has 0 unspecified atom stereocenters. The average molecular weight is 402 g/mol. The molecule has 0 saturated carbocycles. The molecular weight excluding hydrogens is 384 g/mol. The second-order valence-electron chi connectivity index (χ2n) is 6.57. The Morgan fingerprint density at radius 1 is 0.967 bits per heavy atom. The van der Waals surface area contributed by atoms with Crippen LogP contribution in [0.5, 0.6) is 11.5 Å². The molecule has 30 heavy (non-hydrogen) atoms. The van der Waals surface area contributed by atoms with E-state index >= 15 is 0 Å². The number of imide groups is 1. The van der Waals surface area contributed by atoms with Gasteiger partial charge in [-0.15, -0.1) is 0 Å². The number of aromatic nitrogens is 1. The van der Waals surface area contributed by atoms with Crippen molar-refractivity contribution in [1.82, 2.24) is 15.8 Å². The maximum atomic E-state index is 12.7. The zero-order chi connectivity index (χ0) is 20.9. The first-order valence-electron chi connectivity index (χ1n) is 9.27. The quantitative estimate of drug-likeness (QED) is 0.485. The highest BCUT2D eigenvalue weighted by molar-refractivity contribution is 6.22. The maximum absolute atomic E-state index is 12.7. The van der Waals surface area contributed by atoms with Crippen LogP contribution in [0.4, 0.5) is 5.69 Å². The van der Waals surface area contributed by atoms with Gasteiger partial charge in [-0.2, -0.15) is 0 Å². The zero-order valence-corrected chi connectivity index (χ0v) is 15.8. The second kappa shape index (κ2) is 8.54. The molecule has 150 valence electrons. The van der Waals surface area contributed by atoms with E-state index in [2.05, 4.69) is 15.8 Å². The highest BCUT2D eigenvalue weighted by Crippen LogP contribution is 2.27. The molecular formula is C22H18N4O4. The number of rotatable bonds is 6. The molecule has 0 radical (unpaired) electrons. The predicted molar refractivity (Wildman–Crippen MR) is 109 cm³/mol. The zero-order valence-electron chi connectivity index (χ0n) is 15.8. The topological polar surface area (TPSA) is 101 Å². The minimum absolute atomic E-state index is 0.0611. The smallest absolute Gasteiger partial charge is 0.266 e. The second-order valence-corrected chi connectivity index (χ2v) is 6.57. The summed E-state index contributed by atoms with van der Waals surface area (Å²) in [6, 6.07) is 18.3. The van der Waals surface area contributed by atoms with Crippen molar-refractivity contribution in [3.63, 3.8) is 0 Å². The molecule has 0 bridgehead atoms. The molecule has 3 amide bonds. The molecule has 1 saturated heterocycles. The molecule has 1 aliphatic rings. The molecule has 1 aromatic heterocycles. The average Bonchev–Trinajstić information content (AvgIpc) is 3.07. The lowest BCUT2D eigenvalue weighted by atomic mass is 10.2. The van der Waals surface area contributed by atoms with Crippen molar-refractivity contribution in [2.75, 3.05) is 4.90 Å². The Labute approximate surface area is 172 Å². The molecule has 1 atom stereocenters. The number of hydrogen-bond acceptors (Lipinski definition) is 6. The molecule has 2 heterocycles. The number of carbonyl (C=O) groups is 3. The first-order chi connectivity index (χ1) is 14.6. The summed E-state index contributed by atoms with van der Waals surface area (Å²) < 4.78 is 5.72. The van der Waals surface area contributed by atoms with E-state index in [4.69, 9.17) is 4.74 Å². The SMILES string of the molecule is O=C(NN[C@H]1CC(=O)N(c2ccc(Oc3ccccc3)cc2)C1=O)c1cccnc1. The summed E-state index contributed by atoms with van der Waals surface area (Å²) in [5.41, 5.74) is 5.87. The number of carbonyl (C=O) groups excluding carboxylic acids is 3. The van der Waals surface area contributed by atoms with Crippen molar-refractivity contribution in [3.8, 4) is 11.5 Å². The first-order valence-corrected chi connectivity index (χ1v) is 9.27. The molecule has 3 aromatic rings. The molecule has 0 spiro atoms. The minimum Gasteiger partial charge on any atom is -0.457 e. The van der Waals surface area contributed by atoms with E-state index in [1.54, 1.807) is 42.6 Å². The van der Waals surface area contributed by atoms with Crippen molar-refractivity contribution in [2.24, 2.45) is 0 Å². The Balaban J connectivity index is 1.39. The van der Waals surface area contributed by atoms with Crippen LogP contribution >= 0.6 is 0 Å². The normalized spacial score (nSPS) is 15.9. The summed E-state index contributed by atoms with van der Waals surface area (Å²) in [6.45, 7) is 0. The van der Waals surface area contributed by atoms with Crippen LogP contribution in [0.2, 0.25) is 0 Å². The van der Waals surface area contributed by atoms with Gasteiger partial charge in [0.1, 0.15) is 17.5 Å². The van der Waals surface area contributed by atoms with Crippen LogP contribution in [0.25, 0.3) is 0 Å². The Bertz CT molecular complexity index is 1060. The number of para-hydroxylation sites is 1. The van der Waals surface area contributed by atoms with Gasteiger partial charge in [0.15, 0.2) is 0 Å². The molecule has 2 aromatic carbocycles. The lowest BCUT2D eigenvalue weighted by Crippen LogP contribution is -2.48. The summed E-state index contributed by atoms with van der Waals surface area (Å²) >= 11 is 0. The molecule has 0 aliphatic carbocycles.